The van der Waals surface area contributed by atoms with E-state index in [2.05, 4.69) is 15.6 Å². The maximum absolute atomic E-state index is 14.0. The van der Waals surface area contributed by atoms with Crippen LogP contribution in [0.3, 0.4) is 0 Å². The van der Waals surface area contributed by atoms with Crippen LogP contribution in [0.1, 0.15) is 62.1 Å². The fourth-order valence-corrected chi connectivity index (χ4v) is 5.48. The van der Waals surface area contributed by atoms with Crippen LogP contribution in [-0.2, 0) is 20.9 Å². The van der Waals surface area contributed by atoms with Crippen molar-refractivity contribution in [2.24, 2.45) is 0 Å². The summed E-state index contributed by atoms with van der Waals surface area (Å²) in [6.07, 6.45) is 7.17. The molecule has 2 atom stereocenters. The molecule has 2 aliphatic rings. The molecular formula is C28H35N5O3. The molecule has 2 aromatic carbocycles. The third-order valence-corrected chi connectivity index (χ3v) is 7.44. The number of aromatic nitrogens is 3. The van der Waals surface area contributed by atoms with Gasteiger partial charge in [0.25, 0.3) is 0 Å². The maximum Gasteiger partial charge on any atom is 0.247 e. The van der Waals surface area contributed by atoms with Gasteiger partial charge in [-0.3, -0.25) is 9.59 Å². The van der Waals surface area contributed by atoms with E-state index in [1.165, 1.54) is 6.42 Å². The van der Waals surface area contributed by atoms with Crippen molar-refractivity contribution in [2.45, 2.75) is 76.6 Å². The molecule has 0 bridgehead atoms. The number of carbonyl (C=O) groups excluding carboxylic acids is 2. The number of amides is 2. The van der Waals surface area contributed by atoms with Crippen molar-refractivity contribution in [3.63, 3.8) is 0 Å². The van der Waals surface area contributed by atoms with Gasteiger partial charge in [-0.25, -0.2) is 4.68 Å². The molecule has 8 heteroatoms. The van der Waals surface area contributed by atoms with Gasteiger partial charge < -0.3 is 15.0 Å². The molecule has 5 rings (SSSR count). The van der Waals surface area contributed by atoms with E-state index in [1.54, 1.807) is 9.58 Å². The van der Waals surface area contributed by atoms with Crippen molar-refractivity contribution in [3.05, 3.63) is 59.7 Å². The van der Waals surface area contributed by atoms with E-state index in [9.17, 15) is 9.59 Å². The van der Waals surface area contributed by atoms with E-state index in [0.717, 1.165) is 60.7 Å². The first kappa shape index (κ1) is 24.4. The van der Waals surface area contributed by atoms with Gasteiger partial charge in [0, 0.05) is 19.2 Å². The quantitative estimate of drug-likeness (QED) is 0.518. The van der Waals surface area contributed by atoms with Crippen molar-refractivity contribution >= 4 is 22.8 Å². The molecule has 3 aromatic rings. The summed E-state index contributed by atoms with van der Waals surface area (Å²) >= 11 is 0. The number of hydrogen-bond acceptors (Lipinski definition) is 5. The van der Waals surface area contributed by atoms with Crippen molar-refractivity contribution in [1.82, 2.24) is 25.2 Å². The van der Waals surface area contributed by atoms with Gasteiger partial charge in [0.15, 0.2) is 0 Å². The molecule has 190 valence electrons. The fourth-order valence-electron chi connectivity index (χ4n) is 5.48. The highest BCUT2D eigenvalue weighted by Gasteiger charge is 2.36. The molecular weight excluding hydrogens is 454 g/mol. The van der Waals surface area contributed by atoms with Crippen molar-refractivity contribution in [3.8, 4) is 0 Å². The average Bonchev–Trinajstić information content (AvgIpc) is 3.55. The predicted molar refractivity (Wildman–Crippen MR) is 137 cm³/mol. The maximum atomic E-state index is 14.0. The Morgan fingerprint density at radius 3 is 2.61 bits per heavy atom. The standard InChI is InChI=1S/C28H35N5O3/c1-20-10-5-6-14-23(20)27(28(35)29-21-11-3-2-4-12-21)32(18-22-13-9-17-36-22)26(34)19-33-25-16-8-7-15-24(25)30-31-33/h5-8,10,14-16,21-22,27H,2-4,9,11-13,17-19H2,1H3,(H,29,35). The van der Waals surface area contributed by atoms with Crippen LogP contribution < -0.4 is 5.32 Å². The smallest absolute Gasteiger partial charge is 0.247 e. The second-order valence-electron chi connectivity index (χ2n) is 10.0. The molecule has 2 amide bonds. The van der Waals surface area contributed by atoms with Crippen LogP contribution in [0.2, 0.25) is 0 Å². The molecule has 0 radical (unpaired) electrons. The molecule has 1 aromatic heterocycles. The zero-order valence-corrected chi connectivity index (χ0v) is 20.9. The third-order valence-electron chi connectivity index (χ3n) is 7.44. The number of fused-ring (bicyclic) bond motifs is 1. The average molecular weight is 490 g/mol. The van der Waals surface area contributed by atoms with Gasteiger partial charge in [-0.1, -0.05) is 60.9 Å². The SMILES string of the molecule is Cc1ccccc1C(C(=O)NC1CCCCC1)N(CC1CCCO1)C(=O)Cn1nnc2ccccc21. The van der Waals surface area contributed by atoms with Crippen LogP contribution in [0.5, 0.6) is 0 Å². The first-order valence-electron chi connectivity index (χ1n) is 13.2. The molecule has 2 fully saturated rings. The van der Waals surface area contributed by atoms with Crippen LogP contribution >= 0.6 is 0 Å². The van der Waals surface area contributed by atoms with Crippen molar-refractivity contribution in [1.29, 1.82) is 0 Å². The van der Waals surface area contributed by atoms with Crippen molar-refractivity contribution in [2.75, 3.05) is 13.2 Å². The Morgan fingerprint density at radius 1 is 1.06 bits per heavy atom. The van der Waals surface area contributed by atoms with E-state index >= 15 is 0 Å². The summed E-state index contributed by atoms with van der Waals surface area (Å²) in [6.45, 7) is 3.05. The van der Waals surface area contributed by atoms with E-state index in [0.29, 0.717) is 13.2 Å². The monoisotopic (exact) mass is 489 g/mol. The summed E-state index contributed by atoms with van der Waals surface area (Å²) in [5.74, 6) is -0.292. The predicted octanol–water partition coefficient (Wildman–Crippen LogP) is 3.94. The lowest BCUT2D eigenvalue weighted by molar-refractivity contribution is -0.143. The largest absolute Gasteiger partial charge is 0.376 e. The van der Waals surface area contributed by atoms with E-state index < -0.39 is 6.04 Å². The van der Waals surface area contributed by atoms with Crippen LogP contribution in [0.15, 0.2) is 48.5 Å². The van der Waals surface area contributed by atoms with Crippen molar-refractivity contribution < 1.29 is 14.3 Å². The Balaban J connectivity index is 1.48. The third kappa shape index (κ3) is 5.43. The molecule has 1 aliphatic heterocycles. The zero-order valence-electron chi connectivity index (χ0n) is 20.9. The molecule has 1 aliphatic carbocycles. The Morgan fingerprint density at radius 2 is 1.83 bits per heavy atom. The number of para-hydroxylation sites is 1. The topological polar surface area (TPSA) is 89.4 Å². The highest BCUT2D eigenvalue weighted by Crippen LogP contribution is 2.28. The molecule has 1 saturated carbocycles. The Bertz CT molecular complexity index is 1200. The van der Waals surface area contributed by atoms with Gasteiger partial charge in [0.05, 0.1) is 11.6 Å². The zero-order chi connectivity index (χ0) is 24.9. The minimum atomic E-state index is -0.736. The minimum Gasteiger partial charge on any atom is -0.376 e. The first-order chi connectivity index (χ1) is 17.6. The van der Waals surface area contributed by atoms with Gasteiger partial charge in [-0.2, -0.15) is 0 Å². The summed E-state index contributed by atoms with van der Waals surface area (Å²) < 4.78 is 7.54. The molecule has 8 nitrogen and oxygen atoms in total. The van der Waals surface area contributed by atoms with E-state index in [4.69, 9.17) is 4.74 Å². The Labute approximate surface area is 212 Å². The number of carbonyl (C=O) groups is 2. The van der Waals surface area contributed by atoms with Gasteiger partial charge in [0.2, 0.25) is 11.8 Å². The summed E-state index contributed by atoms with van der Waals surface area (Å²) in [5, 5.41) is 11.7. The first-order valence-corrected chi connectivity index (χ1v) is 13.2. The van der Waals surface area contributed by atoms with Gasteiger partial charge in [-0.05, 0) is 55.9 Å². The minimum absolute atomic E-state index is 0.00627. The van der Waals surface area contributed by atoms with Crippen LogP contribution in [-0.4, -0.2) is 57.0 Å². The lowest BCUT2D eigenvalue weighted by Crippen LogP contribution is -2.50. The second-order valence-corrected chi connectivity index (χ2v) is 10.0. The Hall–Kier alpha value is -3.26. The fraction of sp³-hybridized carbons (Fsp3) is 0.500. The number of nitrogens with one attached hydrogen (secondary N) is 1. The van der Waals surface area contributed by atoms with Crippen LogP contribution in [0.25, 0.3) is 11.0 Å². The van der Waals surface area contributed by atoms with Gasteiger partial charge in [-0.15, -0.1) is 5.10 Å². The number of benzene rings is 2. The number of nitrogens with zero attached hydrogens (tertiary/aromatic N) is 4. The molecule has 2 heterocycles. The van der Waals surface area contributed by atoms with Crippen LogP contribution in [0, 0.1) is 6.92 Å². The lowest BCUT2D eigenvalue weighted by Gasteiger charge is -2.35. The molecule has 1 saturated heterocycles. The lowest BCUT2D eigenvalue weighted by atomic mass is 9.94. The highest BCUT2D eigenvalue weighted by atomic mass is 16.5. The normalized spacial score (nSPS) is 19.3. The second kappa shape index (κ2) is 11.2. The molecule has 36 heavy (non-hydrogen) atoms. The summed E-state index contributed by atoms with van der Waals surface area (Å²) in [7, 11) is 0. The number of aryl methyl sites for hydroxylation is 1. The highest BCUT2D eigenvalue weighted by molar-refractivity contribution is 5.89. The Kier molecular flexibility index (Phi) is 7.60. The van der Waals surface area contributed by atoms with Gasteiger partial charge in [0.1, 0.15) is 18.1 Å². The number of hydrogen-bond donors (Lipinski definition) is 1. The summed E-state index contributed by atoms with van der Waals surface area (Å²) in [6, 6.07) is 14.9. The molecule has 0 spiro atoms. The number of ether oxygens (including phenoxy) is 1. The summed E-state index contributed by atoms with van der Waals surface area (Å²) in [4.78, 5) is 29.6. The molecule has 2 unspecified atom stereocenters. The summed E-state index contributed by atoms with van der Waals surface area (Å²) in [5.41, 5.74) is 3.36. The van der Waals surface area contributed by atoms with Gasteiger partial charge >= 0.3 is 0 Å². The van der Waals surface area contributed by atoms with Crippen LogP contribution in [0.4, 0.5) is 0 Å². The van der Waals surface area contributed by atoms with E-state index in [-0.39, 0.29) is 30.5 Å². The number of rotatable bonds is 8. The molecule has 1 N–H and O–H groups in total. The van der Waals surface area contributed by atoms with E-state index in [1.807, 2.05) is 55.5 Å².